The van der Waals surface area contributed by atoms with E-state index >= 15 is 0 Å². The van der Waals surface area contributed by atoms with E-state index in [0.29, 0.717) is 19.5 Å². The van der Waals surface area contributed by atoms with Crippen LogP contribution in [0.15, 0.2) is 9.85 Å². The standard InChI is InChI=1S/C13H20BrNO3S2/c1-9-6-12(19-13(9)14)11(16)7-10-4-3-5-15(8-10)20(2,17)18/h6,10-11,16H,3-5,7-8H2,1-2H3. The lowest BCUT2D eigenvalue weighted by molar-refractivity contribution is 0.125. The van der Waals surface area contributed by atoms with Gasteiger partial charge in [0.25, 0.3) is 0 Å². The lowest BCUT2D eigenvalue weighted by Crippen LogP contribution is -2.39. The summed E-state index contributed by atoms with van der Waals surface area (Å²) in [5.41, 5.74) is 1.13. The summed E-state index contributed by atoms with van der Waals surface area (Å²) in [6.07, 6.45) is 3.23. The Balaban J connectivity index is 1.99. The number of thiophene rings is 1. The number of sulfonamides is 1. The second-order valence-electron chi connectivity index (χ2n) is 5.49. The first-order valence-corrected chi connectivity index (χ1v) is 10.1. The maximum absolute atomic E-state index is 11.6. The fourth-order valence-electron chi connectivity index (χ4n) is 2.60. The summed E-state index contributed by atoms with van der Waals surface area (Å²) in [4.78, 5) is 0.950. The molecule has 4 nitrogen and oxygen atoms in total. The summed E-state index contributed by atoms with van der Waals surface area (Å²) in [6, 6.07) is 2.00. The Labute approximate surface area is 133 Å². The first-order valence-electron chi connectivity index (χ1n) is 6.66. The number of aliphatic hydroxyl groups excluding tert-OH is 1. The van der Waals surface area contributed by atoms with Crippen molar-refractivity contribution in [1.82, 2.24) is 4.31 Å². The summed E-state index contributed by atoms with van der Waals surface area (Å²) in [5.74, 6) is 0.231. The van der Waals surface area contributed by atoms with Gasteiger partial charge in [0.15, 0.2) is 0 Å². The number of piperidine rings is 1. The molecule has 2 atom stereocenters. The Hall–Kier alpha value is 0.0500. The minimum Gasteiger partial charge on any atom is -0.388 e. The van der Waals surface area contributed by atoms with Crippen LogP contribution in [0.25, 0.3) is 0 Å². The predicted octanol–water partition coefficient (Wildman–Crippen LogP) is 2.91. The van der Waals surface area contributed by atoms with Crippen molar-refractivity contribution in [2.24, 2.45) is 5.92 Å². The van der Waals surface area contributed by atoms with E-state index in [0.717, 1.165) is 27.1 Å². The van der Waals surface area contributed by atoms with E-state index in [1.807, 2.05) is 13.0 Å². The maximum atomic E-state index is 11.6. The van der Waals surface area contributed by atoms with E-state index in [1.165, 1.54) is 10.6 Å². The zero-order chi connectivity index (χ0) is 14.9. The lowest BCUT2D eigenvalue weighted by atomic mass is 9.93. The van der Waals surface area contributed by atoms with Gasteiger partial charge in [0, 0.05) is 18.0 Å². The first kappa shape index (κ1) is 16.4. The fourth-order valence-corrected chi connectivity index (χ4v) is 5.11. The van der Waals surface area contributed by atoms with E-state index in [1.54, 1.807) is 11.3 Å². The average Bonchev–Trinajstić information content (AvgIpc) is 2.69. The Morgan fingerprint density at radius 3 is 2.85 bits per heavy atom. The highest BCUT2D eigenvalue weighted by molar-refractivity contribution is 9.11. The molecule has 0 amide bonds. The molecule has 1 aromatic rings. The van der Waals surface area contributed by atoms with Crippen molar-refractivity contribution in [2.45, 2.75) is 32.3 Å². The van der Waals surface area contributed by atoms with Gasteiger partial charge in [-0.1, -0.05) is 0 Å². The fraction of sp³-hybridized carbons (Fsp3) is 0.692. The third-order valence-corrected chi connectivity index (χ3v) is 7.22. The minimum absolute atomic E-state index is 0.231. The van der Waals surface area contributed by atoms with Gasteiger partial charge in [-0.2, -0.15) is 0 Å². The molecular weight excluding hydrogens is 362 g/mol. The zero-order valence-corrected chi connectivity index (χ0v) is 14.9. The van der Waals surface area contributed by atoms with E-state index < -0.39 is 16.1 Å². The number of aliphatic hydroxyl groups is 1. The molecule has 0 radical (unpaired) electrons. The van der Waals surface area contributed by atoms with Gasteiger partial charge in [0.2, 0.25) is 10.0 Å². The number of hydrogen-bond donors (Lipinski definition) is 1. The second kappa shape index (κ2) is 6.44. The smallest absolute Gasteiger partial charge is 0.211 e. The van der Waals surface area contributed by atoms with E-state index in [4.69, 9.17) is 0 Å². The van der Waals surface area contributed by atoms with Crippen LogP contribution in [0, 0.1) is 12.8 Å². The van der Waals surface area contributed by atoms with Crippen molar-refractivity contribution in [3.8, 4) is 0 Å². The highest BCUT2D eigenvalue weighted by Gasteiger charge is 2.28. The highest BCUT2D eigenvalue weighted by Crippen LogP contribution is 2.35. The molecule has 20 heavy (non-hydrogen) atoms. The molecule has 2 unspecified atom stereocenters. The molecule has 1 N–H and O–H groups in total. The van der Waals surface area contributed by atoms with Gasteiger partial charge in [-0.05, 0) is 59.7 Å². The Bertz CT molecular complexity index is 551. The number of halogens is 1. The van der Waals surface area contributed by atoms with E-state index in [2.05, 4.69) is 15.9 Å². The van der Waals surface area contributed by atoms with Crippen molar-refractivity contribution in [3.63, 3.8) is 0 Å². The lowest BCUT2D eigenvalue weighted by Gasteiger charge is -2.31. The van der Waals surface area contributed by atoms with Crippen LogP contribution in [0.4, 0.5) is 0 Å². The van der Waals surface area contributed by atoms with Crippen molar-refractivity contribution in [3.05, 3.63) is 20.3 Å². The van der Waals surface area contributed by atoms with Gasteiger partial charge < -0.3 is 5.11 Å². The predicted molar refractivity (Wildman–Crippen MR) is 85.5 cm³/mol. The third kappa shape index (κ3) is 4.04. The molecule has 114 valence electrons. The molecular formula is C13H20BrNO3S2. The molecule has 1 saturated heterocycles. The third-order valence-electron chi connectivity index (χ3n) is 3.71. The number of nitrogens with zero attached hydrogens (tertiary/aromatic N) is 1. The molecule has 1 aromatic heterocycles. The van der Waals surface area contributed by atoms with Gasteiger partial charge in [-0.3, -0.25) is 0 Å². The number of rotatable bonds is 4. The molecule has 0 aromatic carbocycles. The van der Waals surface area contributed by atoms with Crippen molar-refractivity contribution < 1.29 is 13.5 Å². The second-order valence-corrected chi connectivity index (χ2v) is 9.87. The van der Waals surface area contributed by atoms with Gasteiger partial charge in [0.05, 0.1) is 16.1 Å². The van der Waals surface area contributed by atoms with Crippen LogP contribution in [-0.4, -0.2) is 37.2 Å². The van der Waals surface area contributed by atoms with E-state index in [-0.39, 0.29) is 5.92 Å². The summed E-state index contributed by atoms with van der Waals surface area (Å²) in [6.45, 7) is 3.14. The van der Waals surface area contributed by atoms with Gasteiger partial charge in [-0.15, -0.1) is 11.3 Å². The summed E-state index contributed by atoms with van der Waals surface area (Å²) >= 11 is 5.02. The highest BCUT2D eigenvalue weighted by atomic mass is 79.9. The van der Waals surface area contributed by atoms with Crippen LogP contribution in [0.3, 0.4) is 0 Å². The van der Waals surface area contributed by atoms with Crippen LogP contribution in [0.5, 0.6) is 0 Å². The Kier molecular flexibility index (Phi) is 5.29. The molecule has 1 aliphatic heterocycles. The molecule has 1 fully saturated rings. The van der Waals surface area contributed by atoms with Gasteiger partial charge >= 0.3 is 0 Å². The molecule has 0 aliphatic carbocycles. The largest absolute Gasteiger partial charge is 0.388 e. The molecule has 2 heterocycles. The number of hydrogen-bond acceptors (Lipinski definition) is 4. The normalized spacial score (nSPS) is 22.9. The molecule has 0 saturated carbocycles. The van der Waals surface area contributed by atoms with Crippen LogP contribution in [0.2, 0.25) is 0 Å². The van der Waals surface area contributed by atoms with E-state index in [9.17, 15) is 13.5 Å². The SMILES string of the molecule is Cc1cc(C(O)CC2CCCN(S(C)(=O)=O)C2)sc1Br. The van der Waals surface area contributed by atoms with Crippen LogP contribution in [0.1, 0.15) is 35.8 Å². The van der Waals surface area contributed by atoms with Crippen molar-refractivity contribution in [1.29, 1.82) is 0 Å². The maximum Gasteiger partial charge on any atom is 0.211 e. The first-order chi connectivity index (χ1) is 9.27. The van der Waals surface area contributed by atoms with Crippen LogP contribution < -0.4 is 0 Å². The molecule has 0 bridgehead atoms. The van der Waals surface area contributed by atoms with Crippen molar-refractivity contribution >= 4 is 37.3 Å². The van der Waals surface area contributed by atoms with Gasteiger partial charge in [-0.25, -0.2) is 12.7 Å². The van der Waals surface area contributed by atoms with Gasteiger partial charge in [0.1, 0.15) is 0 Å². The molecule has 1 aliphatic rings. The topological polar surface area (TPSA) is 57.6 Å². The summed E-state index contributed by atoms with van der Waals surface area (Å²) < 4.78 is 25.8. The summed E-state index contributed by atoms with van der Waals surface area (Å²) in [7, 11) is -3.12. The Morgan fingerprint density at radius 1 is 1.60 bits per heavy atom. The zero-order valence-electron chi connectivity index (χ0n) is 11.7. The average molecular weight is 382 g/mol. The summed E-state index contributed by atoms with van der Waals surface area (Å²) in [5, 5.41) is 10.3. The molecule has 0 spiro atoms. The van der Waals surface area contributed by atoms with Crippen LogP contribution in [-0.2, 0) is 10.0 Å². The van der Waals surface area contributed by atoms with Crippen LogP contribution >= 0.6 is 27.3 Å². The van der Waals surface area contributed by atoms with Crippen molar-refractivity contribution in [2.75, 3.05) is 19.3 Å². The Morgan fingerprint density at radius 2 is 2.30 bits per heavy atom. The number of aryl methyl sites for hydroxylation is 1. The monoisotopic (exact) mass is 381 g/mol. The quantitative estimate of drug-likeness (QED) is 0.871. The minimum atomic E-state index is -3.12. The molecule has 7 heteroatoms. The molecule has 2 rings (SSSR count).